The topological polar surface area (TPSA) is 64.3 Å². The number of methoxy groups -OCH3 is 1. The van der Waals surface area contributed by atoms with Crippen LogP contribution < -0.4 is 0 Å². The van der Waals surface area contributed by atoms with Crippen LogP contribution in [-0.2, 0) is 16.1 Å². The molecule has 0 aliphatic rings. The molecule has 1 N–H and O–H groups in total. The summed E-state index contributed by atoms with van der Waals surface area (Å²) in [7, 11) is 1.21. The number of nitrogens with zero attached hydrogens (tertiary/aromatic N) is 2. The number of aliphatic hydroxyl groups excluding tert-OH is 1. The first-order chi connectivity index (χ1) is 12.3. The fourth-order valence-corrected chi connectivity index (χ4v) is 3.90. The first-order valence-corrected chi connectivity index (χ1v) is 8.76. The molecule has 136 valence electrons. The zero-order chi connectivity index (χ0) is 19.0. The highest BCUT2D eigenvalue weighted by Crippen LogP contribution is 2.31. The third kappa shape index (κ3) is 3.30. The predicted octanol–water partition coefficient (Wildman–Crippen LogP) is 3.48. The van der Waals surface area contributed by atoms with Crippen molar-refractivity contribution in [3.63, 3.8) is 0 Å². The van der Waals surface area contributed by atoms with Crippen molar-refractivity contribution in [2.75, 3.05) is 7.11 Å². The van der Waals surface area contributed by atoms with Gasteiger partial charge in [0.2, 0.25) is 0 Å². The number of rotatable bonds is 4. The van der Waals surface area contributed by atoms with Crippen LogP contribution in [0, 0.1) is 22.1 Å². The number of hydrogen-bond acceptors (Lipinski definition) is 4. The quantitative estimate of drug-likeness (QED) is 0.467. The zero-order valence-electron chi connectivity index (χ0n) is 14.0. The molecule has 0 aliphatic heterocycles. The Morgan fingerprint density at radius 2 is 2.08 bits per heavy atom. The number of aryl methyl sites for hydroxylation is 1. The number of halogens is 3. The number of aliphatic hydroxyl groups is 1. The molecule has 3 rings (SSSR count). The average molecular weight is 472 g/mol. The fraction of sp³-hybridized carbons (Fsp3) is 0.222. The van der Waals surface area contributed by atoms with Crippen LogP contribution in [0.1, 0.15) is 22.9 Å². The van der Waals surface area contributed by atoms with Gasteiger partial charge in [0.25, 0.3) is 0 Å². The molecule has 0 radical (unpaired) electrons. The first-order valence-electron chi connectivity index (χ1n) is 7.68. The van der Waals surface area contributed by atoms with E-state index in [4.69, 9.17) is 0 Å². The van der Waals surface area contributed by atoms with Gasteiger partial charge in [0.15, 0.2) is 17.7 Å². The van der Waals surface area contributed by atoms with Crippen molar-refractivity contribution in [1.29, 1.82) is 0 Å². The minimum absolute atomic E-state index is 0.308. The van der Waals surface area contributed by atoms with Crippen LogP contribution in [0.15, 0.2) is 30.5 Å². The van der Waals surface area contributed by atoms with E-state index in [1.54, 1.807) is 23.8 Å². The van der Waals surface area contributed by atoms with Crippen LogP contribution in [0.2, 0.25) is 0 Å². The minimum atomic E-state index is -1.42. The van der Waals surface area contributed by atoms with Crippen LogP contribution in [0.3, 0.4) is 0 Å². The number of benzene rings is 1. The Balaban J connectivity index is 2.05. The van der Waals surface area contributed by atoms with Crippen molar-refractivity contribution in [1.82, 2.24) is 9.55 Å². The van der Waals surface area contributed by atoms with E-state index in [0.29, 0.717) is 32.6 Å². The van der Waals surface area contributed by atoms with Crippen molar-refractivity contribution in [2.45, 2.75) is 19.6 Å². The summed E-state index contributed by atoms with van der Waals surface area (Å²) in [4.78, 5) is 16.2. The molecule has 3 aromatic rings. The third-order valence-electron chi connectivity index (χ3n) is 4.11. The Kier molecular flexibility index (Phi) is 5.24. The van der Waals surface area contributed by atoms with Gasteiger partial charge in [-0.25, -0.2) is 18.6 Å². The van der Waals surface area contributed by atoms with Crippen molar-refractivity contribution in [3.8, 4) is 0 Å². The molecule has 0 saturated heterocycles. The van der Waals surface area contributed by atoms with Gasteiger partial charge in [-0.3, -0.25) is 0 Å². The molecule has 8 heteroatoms. The highest BCUT2D eigenvalue weighted by atomic mass is 127. The molecule has 2 aromatic heterocycles. The van der Waals surface area contributed by atoms with E-state index >= 15 is 0 Å². The molecule has 0 bridgehead atoms. The van der Waals surface area contributed by atoms with E-state index in [0.717, 1.165) is 17.5 Å². The molecule has 0 aliphatic carbocycles. The second-order valence-corrected chi connectivity index (χ2v) is 6.86. The van der Waals surface area contributed by atoms with Crippen LogP contribution >= 0.6 is 22.6 Å². The molecular formula is C18H15F2IN2O3. The van der Waals surface area contributed by atoms with Crippen LogP contribution in [0.4, 0.5) is 8.78 Å². The summed E-state index contributed by atoms with van der Waals surface area (Å²) in [5.74, 6) is -2.55. The highest BCUT2D eigenvalue weighted by molar-refractivity contribution is 14.1. The summed E-state index contributed by atoms with van der Waals surface area (Å²) in [6.07, 6.45) is 0.354. The standard InChI is InChI=1S/C18H15F2IN2O3/c1-9-14(16(24)18(25)26-2)15(21)11-5-6-23(17(11)22-9)8-10-3-4-12(19)13(20)7-10/h3-7,16,24H,8H2,1-2H3. The molecular weight excluding hydrogens is 457 g/mol. The highest BCUT2D eigenvalue weighted by Gasteiger charge is 2.25. The van der Waals surface area contributed by atoms with Crippen LogP contribution in [0.5, 0.6) is 0 Å². The predicted molar refractivity (Wildman–Crippen MR) is 99.6 cm³/mol. The number of aromatic nitrogens is 2. The monoisotopic (exact) mass is 472 g/mol. The summed E-state index contributed by atoms with van der Waals surface area (Å²) < 4.78 is 33.6. The van der Waals surface area contributed by atoms with Gasteiger partial charge in [-0.15, -0.1) is 0 Å². The molecule has 26 heavy (non-hydrogen) atoms. The second kappa shape index (κ2) is 7.28. The van der Waals surface area contributed by atoms with Gasteiger partial charge in [0, 0.05) is 33.0 Å². The van der Waals surface area contributed by atoms with Gasteiger partial charge in [-0.1, -0.05) is 6.07 Å². The maximum atomic E-state index is 13.4. The Morgan fingerprint density at radius 1 is 1.35 bits per heavy atom. The second-order valence-electron chi connectivity index (χ2n) is 5.78. The number of carbonyl (C=O) groups excluding carboxylic acids is 1. The van der Waals surface area contributed by atoms with E-state index in [1.807, 2.05) is 0 Å². The van der Waals surface area contributed by atoms with Crippen molar-refractivity contribution >= 4 is 39.6 Å². The van der Waals surface area contributed by atoms with Gasteiger partial charge in [0.1, 0.15) is 5.65 Å². The summed E-state index contributed by atoms with van der Waals surface area (Å²) in [5.41, 5.74) is 2.10. The lowest BCUT2D eigenvalue weighted by Crippen LogP contribution is -2.17. The lowest BCUT2D eigenvalue weighted by molar-refractivity contribution is -0.150. The molecule has 1 unspecified atom stereocenters. The van der Waals surface area contributed by atoms with Crippen LogP contribution in [0.25, 0.3) is 11.0 Å². The van der Waals surface area contributed by atoms with Crippen LogP contribution in [-0.4, -0.2) is 27.7 Å². The lowest BCUT2D eigenvalue weighted by atomic mass is 10.1. The Bertz CT molecular complexity index is 1000. The fourth-order valence-electron chi connectivity index (χ4n) is 2.79. The van der Waals surface area contributed by atoms with Gasteiger partial charge < -0.3 is 14.4 Å². The van der Waals surface area contributed by atoms with Crippen molar-refractivity contribution in [2.24, 2.45) is 0 Å². The smallest absolute Gasteiger partial charge is 0.339 e. The molecule has 1 atom stereocenters. The molecule has 0 spiro atoms. The summed E-state index contributed by atoms with van der Waals surface area (Å²) in [6, 6.07) is 5.55. The Hall–Kier alpha value is -2.07. The molecule has 1 aromatic carbocycles. The SMILES string of the molecule is COC(=O)C(O)c1c(C)nc2c(ccn2Cc2ccc(F)c(F)c2)c1I. The van der Waals surface area contributed by atoms with Gasteiger partial charge in [0.05, 0.1) is 7.11 Å². The van der Waals surface area contributed by atoms with E-state index in [-0.39, 0.29) is 0 Å². The lowest BCUT2D eigenvalue weighted by Gasteiger charge is -2.15. The van der Waals surface area contributed by atoms with E-state index in [2.05, 4.69) is 32.3 Å². The maximum Gasteiger partial charge on any atom is 0.339 e. The van der Waals surface area contributed by atoms with Crippen molar-refractivity contribution < 1.29 is 23.4 Å². The maximum absolute atomic E-state index is 13.4. The molecule has 2 heterocycles. The van der Waals surface area contributed by atoms with E-state index in [1.165, 1.54) is 13.2 Å². The normalized spacial score (nSPS) is 12.4. The van der Waals surface area contributed by atoms with Crippen molar-refractivity contribution in [3.05, 3.63) is 62.5 Å². The number of esters is 1. The number of ether oxygens (including phenoxy) is 1. The number of fused-ring (bicyclic) bond motifs is 1. The average Bonchev–Trinajstić information content (AvgIpc) is 3.00. The first kappa shape index (κ1) is 18.7. The Morgan fingerprint density at radius 3 is 2.73 bits per heavy atom. The summed E-state index contributed by atoms with van der Waals surface area (Å²) in [5, 5.41) is 11.0. The van der Waals surface area contributed by atoms with E-state index in [9.17, 15) is 18.7 Å². The molecule has 0 saturated carbocycles. The largest absolute Gasteiger partial charge is 0.467 e. The van der Waals surface area contributed by atoms with E-state index < -0.39 is 23.7 Å². The number of carbonyl (C=O) groups is 1. The summed E-state index contributed by atoms with van der Waals surface area (Å²) >= 11 is 2.05. The third-order valence-corrected chi connectivity index (χ3v) is 5.27. The number of hydrogen-bond donors (Lipinski definition) is 1. The van der Waals surface area contributed by atoms with Gasteiger partial charge in [-0.2, -0.15) is 0 Å². The van der Waals surface area contributed by atoms with Gasteiger partial charge >= 0.3 is 5.97 Å². The summed E-state index contributed by atoms with van der Waals surface area (Å²) in [6.45, 7) is 2.00. The number of pyridine rings is 1. The minimum Gasteiger partial charge on any atom is -0.467 e. The molecule has 0 amide bonds. The zero-order valence-corrected chi connectivity index (χ0v) is 16.1. The molecule has 0 fully saturated rings. The van der Waals surface area contributed by atoms with Gasteiger partial charge in [-0.05, 0) is 53.3 Å². The Labute approximate surface area is 161 Å². The molecule has 5 nitrogen and oxygen atoms in total.